The molecule has 2 rings (SSSR count). The van der Waals surface area contributed by atoms with Gasteiger partial charge in [0.15, 0.2) is 0 Å². The molecule has 20 heavy (non-hydrogen) atoms. The van der Waals surface area contributed by atoms with Gasteiger partial charge < -0.3 is 9.84 Å². The summed E-state index contributed by atoms with van der Waals surface area (Å²) in [6.07, 6.45) is -0.539. The van der Waals surface area contributed by atoms with E-state index in [0.717, 1.165) is 22.4 Å². The van der Waals surface area contributed by atoms with Crippen molar-refractivity contribution in [2.24, 2.45) is 0 Å². The molecule has 2 aromatic rings. The van der Waals surface area contributed by atoms with Crippen LogP contribution in [0.25, 0.3) is 0 Å². The van der Waals surface area contributed by atoms with Crippen LogP contribution < -0.4 is 4.74 Å². The van der Waals surface area contributed by atoms with Crippen LogP contribution in [0, 0.1) is 6.92 Å². The van der Waals surface area contributed by atoms with Crippen LogP contribution in [0.15, 0.2) is 42.5 Å². The van der Waals surface area contributed by atoms with Crippen molar-refractivity contribution < 1.29 is 9.84 Å². The fourth-order valence-corrected chi connectivity index (χ4v) is 2.28. The summed E-state index contributed by atoms with van der Waals surface area (Å²) in [5.74, 6) is 0.804. The molecule has 0 aliphatic rings. The summed E-state index contributed by atoms with van der Waals surface area (Å²) in [7, 11) is 0. The lowest BCUT2D eigenvalue weighted by atomic mass is 9.97. The highest BCUT2D eigenvalue weighted by molar-refractivity contribution is 6.31. The van der Waals surface area contributed by atoms with E-state index in [9.17, 15) is 5.11 Å². The summed E-state index contributed by atoms with van der Waals surface area (Å²) in [5, 5.41) is 11.1. The molecule has 0 saturated carbocycles. The summed E-state index contributed by atoms with van der Waals surface area (Å²) in [5.41, 5.74) is 2.56. The van der Waals surface area contributed by atoms with Gasteiger partial charge in [-0.1, -0.05) is 35.9 Å². The smallest absolute Gasteiger partial charge is 0.119 e. The van der Waals surface area contributed by atoms with Crippen molar-refractivity contribution in [3.05, 3.63) is 64.2 Å². The zero-order chi connectivity index (χ0) is 14.7. The Hall–Kier alpha value is -1.51. The second-order valence-electron chi connectivity index (χ2n) is 5.09. The molecule has 3 heteroatoms. The number of rotatable bonds is 4. The van der Waals surface area contributed by atoms with Crippen molar-refractivity contribution in [1.82, 2.24) is 0 Å². The molecule has 1 N–H and O–H groups in total. The van der Waals surface area contributed by atoms with Gasteiger partial charge in [-0.3, -0.25) is 0 Å². The Morgan fingerprint density at radius 2 is 1.70 bits per heavy atom. The Kier molecular flexibility index (Phi) is 4.69. The van der Waals surface area contributed by atoms with Crippen LogP contribution in [0.4, 0.5) is 0 Å². The molecule has 0 aliphatic carbocycles. The van der Waals surface area contributed by atoms with Gasteiger partial charge in [0.05, 0.1) is 6.10 Å². The predicted octanol–water partition coefficient (Wildman–Crippen LogP) is 4.52. The van der Waals surface area contributed by atoms with Crippen molar-refractivity contribution in [3.63, 3.8) is 0 Å². The second kappa shape index (κ2) is 6.29. The summed E-state index contributed by atoms with van der Waals surface area (Å²) >= 11 is 6.10. The third kappa shape index (κ3) is 3.33. The fourth-order valence-electron chi connectivity index (χ4n) is 2.10. The van der Waals surface area contributed by atoms with Crippen LogP contribution in [0.3, 0.4) is 0 Å². The lowest BCUT2D eigenvalue weighted by Crippen LogP contribution is -2.06. The lowest BCUT2D eigenvalue weighted by molar-refractivity contribution is 0.218. The number of hydrogen-bond acceptors (Lipinski definition) is 2. The highest BCUT2D eigenvalue weighted by atomic mass is 35.5. The minimum Gasteiger partial charge on any atom is -0.491 e. The zero-order valence-electron chi connectivity index (χ0n) is 11.9. The summed E-state index contributed by atoms with van der Waals surface area (Å²) in [6, 6.07) is 13.1. The summed E-state index contributed by atoms with van der Waals surface area (Å²) in [6.45, 7) is 5.88. The maximum Gasteiger partial charge on any atom is 0.119 e. The zero-order valence-corrected chi connectivity index (χ0v) is 12.7. The Bertz CT molecular complexity index is 576. The maximum atomic E-state index is 10.5. The second-order valence-corrected chi connectivity index (χ2v) is 5.50. The normalized spacial score (nSPS) is 12.5. The van der Waals surface area contributed by atoms with Gasteiger partial charge in [0.2, 0.25) is 0 Å². The third-order valence-corrected chi connectivity index (χ3v) is 3.58. The molecule has 2 aromatic carbocycles. The monoisotopic (exact) mass is 290 g/mol. The highest BCUT2D eigenvalue weighted by Crippen LogP contribution is 2.29. The molecule has 106 valence electrons. The van der Waals surface area contributed by atoms with Crippen LogP contribution in [-0.2, 0) is 0 Å². The molecule has 0 heterocycles. The van der Waals surface area contributed by atoms with Crippen molar-refractivity contribution in [3.8, 4) is 5.75 Å². The van der Waals surface area contributed by atoms with Gasteiger partial charge in [0.1, 0.15) is 11.9 Å². The van der Waals surface area contributed by atoms with Crippen molar-refractivity contribution in [2.45, 2.75) is 33.0 Å². The first-order valence-electron chi connectivity index (χ1n) is 6.68. The molecule has 1 unspecified atom stereocenters. The summed E-state index contributed by atoms with van der Waals surface area (Å²) < 4.78 is 5.59. The Morgan fingerprint density at radius 1 is 1.05 bits per heavy atom. The first-order chi connectivity index (χ1) is 9.49. The van der Waals surface area contributed by atoms with E-state index in [1.807, 2.05) is 63.2 Å². The molecule has 0 amide bonds. The molecule has 1 atom stereocenters. The van der Waals surface area contributed by atoms with Crippen LogP contribution in [0.5, 0.6) is 5.75 Å². The molecule has 0 radical (unpaired) electrons. The Morgan fingerprint density at radius 3 is 2.30 bits per heavy atom. The Labute approximate surface area is 125 Å². The van der Waals surface area contributed by atoms with E-state index in [-0.39, 0.29) is 6.10 Å². The average molecular weight is 291 g/mol. The predicted molar refractivity (Wildman–Crippen MR) is 82.5 cm³/mol. The van der Waals surface area contributed by atoms with E-state index >= 15 is 0 Å². The molecule has 0 aromatic heterocycles. The van der Waals surface area contributed by atoms with Crippen LogP contribution in [-0.4, -0.2) is 11.2 Å². The van der Waals surface area contributed by atoms with Gasteiger partial charge in [-0.15, -0.1) is 0 Å². The molecule has 0 fully saturated rings. The maximum absolute atomic E-state index is 10.5. The standard InChI is InChI=1S/C17H19ClO2/c1-11(2)20-14-9-7-13(8-10-14)17(19)15-5-4-6-16(18)12(15)3/h4-11,17,19H,1-3H3. The molecular formula is C17H19ClO2. The Balaban J connectivity index is 2.25. The summed E-state index contributed by atoms with van der Waals surface area (Å²) in [4.78, 5) is 0. The lowest BCUT2D eigenvalue weighted by Gasteiger charge is -2.16. The van der Waals surface area contributed by atoms with E-state index in [1.165, 1.54) is 0 Å². The number of hydrogen-bond donors (Lipinski definition) is 1. The van der Waals surface area contributed by atoms with E-state index in [0.29, 0.717) is 5.02 Å². The number of ether oxygens (including phenoxy) is 1. The molecule has 2 nitrogen and oxygen atoms in total. The number of benzene rings is 2. The topological polar surface area (TPSA) is 29.5 Å². The molecule has 0 bridgehead atoms. The van der Waals surface area contributed by atoms with Crippen LogP contribution in [0.2, 0.25) is 5.02 Å². The van der Waals surface area contributed by atoms with Crippen molar-refractivity contribution in [1.29, 1.82) is 0 Å². The number of aliphatic hydroxyl groups is 1. The number of halogens is 1. The van der Waals surface area contributed by atoms with Gasteiger partial charge in [-0.2, -0.15) is 0 Å². The minimum absolute atomic E-state index is 0.140. The third-order valence-electron chi connectivity index (χ3n) is 3.17. The van der Waals surface area contributed by atoms with Gasteiger partial charge in [0, 0.05) is 5.02 Å². The SMILES string of the molecule is Cc1c(Cl)cccc1C(O)c1ccc(OC(C)C)cc1. The first kappa shape index (κ1) is 14.9. The average Bonchev–Trinajstić information content (AvgIpc) is 2.41. The molecule has 0 saturated heterocycles. The van der Waals surface area contributed by atoms with Gasteiger partial charge in [-0.25, -0.2) is 0 Å². The van der Waals surface area contributed by atoms with E-state index in [2.05, 4.69) is 0 Å². The van der Waals surface area contributed by atoms with Crippen molar-refractivity contribution in [2.75, 3.05) is 0 Å². The quantitative estimate of drug-likeness (QED) is 0.897. The highest BCUT2D eigenvalue weighted by Gasteiger charge is 2.14. The largest absolute Gasteiger partial charge is 0.491 e. The van der Waals surface area contributed by atoms with E-state index in [4.69, 9.17) is 16.3 Å². The molecule has 0 spiro atoms. The number of aliphatic hydroxyl groups excluding tert-OH is 1. The van der Waals surface area contributed by atoms with E-state index in [1.54, 1.807) is 0 Å². The van der Waals surface area contributed by atoms with Crippen LogP contribution in [0.1, 0.15) is 36.6 Å². The molecule has 0 aliphatic heterocycles. The first-order valence-corrected chi connectivity index (χ1v) is 7.06. The van der Waals surface area contributed by atoms with Gasteiger partial charge in [-0.05, 0) is 55.7 Å². The van der Waals surface area contributed by atoms with Gasteiger partial charge in [0.25, 0.3) is 0 Å². The van der Waals surface area contributed by atoms with Crippen molar-refractivity contribution >= 4 is 11.6 Å². The van der Waals surface area contributed by atoms with E-state index < -0.39 is 6.10 Å². The fraction of sp³-hybridized carbons (Fsp3) is 0.294. The molecular weight excluding hydrogens is 272 g/mol. The van der Waals surface area contributed by atoms with Crippen LogP contribution >= 0.6 is 11.6 Å². The minimum atomic E-state index is -0.679. The van der Waals surface area contributed by atoms with Gasteiger partial charge >= 0.3 is 0 Å².